The van der Waals surface area contributed by atoms with Crippen molar-refractivity contribution >= 4 is 40.0 Å². The number of aromatic amines is 1. The number of H-pyrrole nitrogens is 1. The number of methoxy groups -OCH3 is 1. The number of benzene rings is 1. The molecule has 1 amide bonds. The minimum Gasteiger partial charge on any atom is -0.493 e. The second kappa shape index (κ2) is 6.86. The normalized spacial score (nSPS) is 13.2. The lowest BCUT2D eigenvalue weighted by atomic mass is 10.0. The number of nitrogens with zero attached hydrogens (tertiary/aromatic N) is 1. The van der Waals surface area contributed by atoms with E-state index in [-0.39, 0.29) is 5.91 Å². The number of ether oxygens (including phenoxy) is 1. The largest absolute Gasteiger partial charge is 0.493 e. The van der Waals surface area contributed by atoms with Crippen LogP contribution in [0.4, 0.5) is 11.4 Å². The molecule has 0 radical (unpaired) electrons. The summed E-state index contributed by atoms with van der Waals surface area (Å²) >= 11 is 6.29. The third-order valence-electron chi connectivity index (χ3n) is 5.01. The maximum Gasteiger partial charge on any atom is 0.255 e. The highest BCUT2D eigenvalue weighted by Gasteiger charge is 2.28. The van der Waals surface area contributed by atoms with Gasteiger partial charge in [-0.1, -0.05) is 17.7 Å². The molecule has 5 rings (SSSR count). The molecule has 0 spiro atoms. The molecular weight excluding hydrogens is 392 g/mol. The fraction of sp³-hybridized carbons (Fsp3) is 0.143. The molecule has 1 aliphatic rings. The van der Waals surface area contributed by atoms with E-state index in [2.05, 4.69) is 20.6 Å². The number of para-hydroxylation sites is 1. The Bertz CT molecular complexity index is 1240. The first-order valence-corrected chi connectivity index (χ1v) is 9.50. The van der Waals surface area contributed by atoms with Crippen LogP contribution in [0.25, 0.3) is 22.4 Å². The number of hydrogen-bond acceptors (Lipinski definition) is 5. The number of hydrogen-bond donors (Lipinski definition) is 3. The van der Waals surface area contributed by atoms with Gasteiger partial charge in [0, 0.05) is 36.5 Å². The van der Waals surface area contributed by atoms with E-state index in [9.17, 15) is 4.79 Å². The number of carbonyl (C=O) groups is 1. The molecular formula is C21H17ClN4O3. The SMILES string of the molecule is COc1c(Cl)cccc1Nc1c(-c2ccnc3ccoc23)[nH]c2c1C(=O)NCC2. The van der Waals surface area contributed by atoms with Crippen LogP contribution in [0.5, 0.6) is 5.75 Å². The van der Waals surface area contributed by atoms with E-state index in [1.165, 1.54) is 0 Å². The van der Waals surface area contributed by atoms with Gasteiger partial charge in [0.25, 0.3) is 5.91 Å². The highest BCUT2D eigenvalue weighted by molar-refractivity contribution is 6.32. The summed E-state index contributed by atoms with van der Waals surface area (Å²) in [5.41, 5.74) is 5.68. The molecule has 0 aliphatic carbocycles. The van der Waals surface area contributed by atoms with Gasteiger partial charge in [0.05, 0.1) is 41.0 Å². The van der Waals surface area contributed by atoms with Crippen LogP contribution in [0.2, 0.25) is 5.02 Å². The molecule has 3 aromatic heterocycles. The van der Waals surface area contributed by atoms with Crippen LogP contribution in [0.3, 0.4) is 0 Å². The molecule has 1 aliphatic heterocycles. The monoisotopic (exact) mass is 408 g/mol. The lowest BCUT2D eigenvalue weighted by Crippen LogP contribution is -2.31. The quantitative estimate of drug-likeness (QED) is 0.462. The van der Waals surface area contributed by atoms with Crippen molar-refractivity contribution < 1.29 is 13.9 Å². The van der Waals surface area contributed by atoms with E-state index in [0.717, 1.165) is 22.5 Å². The maximum absolute atomic E-state index is 12.7. The zero-order valence-electron chi connectivity index (χ0n) is 15.5. The van der Waals surface area contributed by atoms with Crippen LogP contribution in [0, 0.1) is 0 Å². The van der Waals surface area contributed by atoms with Crippen molar-refractivity contribution in [2.24, 2.45) is 0 Å². The highest BCUT2D eigenvalue weighted by atomic mass is 35.5. The number of carbonyl (C=O) groups excluding carboxylic acids is 1. The Hall–Kier alpha value is -3.45. The number of aromatic nitrogens is 2. The topological polar surface area (TPSA) is 92.2 Å². The van der Waals surface area contributed by atoms with Crippen LogP contribution < -0.4 is 15.4 Å². The molecule has 4 aromatic rings. The van der Waals surface area contributed by atoms with Gasteiger partial charge < -0.3 is 24.8 Å². The fourth-order valence-electron chi connectivity index (χ4n) is 3.73. The average molecular weight is 409 g/mol. The number of fused-ring (bicyclic) bond motifs is 2. The molecule has 0 bridgehead atoms. The zero-order chi connectivity index (χ0) is 20.0. The van der Waals surface area contributed by atoms with E-state index >= 15 is 0 Å². The molecule has 0 fully saturated rings. The Morgan fingerprint density at radius 2 is 2.17 bits per heavy atom. The summed E-state index contributed by atoms with van der Waals surface area (Å²) in [6.45, 7) is 0.582. The molecule has 7 nitrogen and oxygen atoms in total. The van der Waals surface area contributed by atoms with Crippen LogP contribution >= 0.6 is 11.6 Å². The summed E-state index contributed by atoms with van der Waals surface area (Å²) in [5, 5.41) is 6.75. The summed E-state index contributed by atoms with van der Waals surface area (Å²) in [5.74, 6) is 0.367. The van der Waals surface area contributed by atoms with Gasteiger partial charge in [-0.2, -0.15) is 0 Å². The number of rotatable bonds is 4. The Balaban J connectivity index is 1.74. The van der Waals surface area contributed by atoms with Crippen molar-refractivity contribution in [2.75, 3.05) is 19.0 Å². The van der Waals surface area contributed by atoms with Gasteiger partial charge in [-0.25, -0.2) is 0 Å². The minimum absolute atomic E-state index is 0.137. The molecule has 4 heterocycles. The zero-order valence-corrected chi connectivity index (χ0v) is 16.3. The first-order chi connectivity index (χ1) is 14.2. The van der Waals surface area contributed by atoms with Crippen molar-refractivity contribution in [3.63, 3.8) is 0 Å². The summed E-state index contributed by atoms with van der Waals surface area (Å²) in [6.07, 6.45) is 4.02. The van der Waals surface area contributed by atoms with Gasteiger partial charge in [-0.15, -0.1) is 0 Å². The number of furan rings is 1. The Kier molecular flexibility index (Phi) is 4.17. The number of amides is 1. The number of nitrogens with one attached hydrogen (secondary N) is 3. The summed E-state index contributed by atoms with van der Waals surface area (Å²) in [4.78, 5) is 20.5. The second-order valence-electron chi connectivity index (χ2n) is 6.67. The van der Waals surface area contributed by atoms with Crippen molar-refractivity contribution in [1.29, 1.82) is 0 Å². The average Bonchev–Trinajstić information content (AvgIpc) is 3.34. The second-order valence-corrected chi connectivity index (χ2v) is 7.08. The molecule has 0 saturated heterocycles. The summed E-state index contributed by atoms with van der Waals surface area (Å²) in [7, 11) is 1.56. The molecule has 8 heteroatoms. The first kappa shape index (κ1) is 17.6. The van der Waals surface area contributed by atoms with Crippen LogP contribution in [-0.4, -0.2) is 29.5 Å². The first-order valence-electron chi connectivity index (χ1n) is 9.12. The number of halogens is 1. The molecule has 1 aromatic carbocycles. The predicted molar refractivity (Wildman–Crippen MR) is 111 cm³/mol. The molecule has 3 N–H and O–H groups in total. The van der Waals surface area contributed by atoms with Gasteiger partial charge in [-0.3, -0.25) is 9.78 Å². The van der Waals surface area contributed by atoms with E-state index in [1.54, 1.807) is 25.6 Å². The van der Waals surface area contributed by atoms with Gasteiger partial charge >= 0.3 is 0 Å². The summed E-state index contributed by atoms with van der Waals surface area (Å²) < 4.78 is 11.1. The standard InChI is InChI=1S/C21H17ClN4O3/c1-28-20-12(22)3-2-4-15(20)26-18-16-13(6-9-24-21(16)27)25-17(18)11-5-8-23-14-7-10-29-19(11)14/h2-5,7-8,10,25-26H,6,9H2,1H3,(H,24,27). The maximum atomic E-state index is 12.7. The van der Waals surface area contributed by atoms with Crippen molar-refractivity contribution in [3.8, 4) is 17.0 Å². The van der Waals surface area contributed by atoms with Crippen molar-refractivity contribution in [3.05, 3.63) is 59.1 Å². The minimum atomic E-state index is -0.137. The Morgan fingerprint density at radius 1 is 1.28 bits per heavy atom. The summed E-state index contributed by atoms with van der Waals surface area (Å²) in [6, 6.07) is 9.09. The lowest BCUT2D eigenvalue weighted by Gasteiger charge is -2.17. The smallest absolute Gasteiger partial charge is 0.255 e. The van der Waals surface area contributed by atoms with Crippen LogP contribution in [-0.2, 0) is 6.42 Å². The Labute approximate surface area is 171 Å². The van der Waals surface area contributed by atoms with E-state index in [4.69, 9.17) is 20.8 Å². The fourth-order valence-corrected chi connectivity index (χ4v) is 3.98. The van der Waals surface area contributed by atoms with Crippen molar-refractivity contribution in [1.82, 2.24) is 15.3 Å². The van der Waals surface area contributed by atoms with E-state index < -0.39 is 0 Å². The Morgan fingerprint density at radius 3 is 3.03 bits per heavy atom. The van der Waals surface area contributed by atoms with Crippen molar-refractivity contribution in [2.45, 2.75) is 6.42 Å². The lowest BCUT2D eigenvalue weighted by molar-refractivity contribution is 0.0947. The van der Waals surface area contributed by atoms with Gasteiger partial charge in [-0.05, 0) is 18.2 Å². The van der Waals surface area contributed by atoms with Gasteiger partial charge in [0.1, 0.15) is 5.52 Å². The van der Waals surface area contributed by atoms with Gasteiger partial charge in [0.15, 0.2) is 11.3 Å². The van der Waals surface area contributed by atoms with Gasteiger partial charge in [0.2, 0.25) is 0 Å². The predicted octanol–water partition coefficient (Wildman–Crippen LogP) is 4.51. The number of pyridine rings is 1. The van der Waals surface area contributed by atoms with Crippen LogP contribution in [0.1, 0.15) is 16.1 Å². The highest BCUT2D eigenvalue weighted by Crippen LogP contribution is 2.42. The number of anilines is 2. The molecule has 0 saturated carbocycles. The van der Waals surface area contributed by atoms with E-state index in [1.807, 2.05) is 24.3 Å². The molecule has 29 heavy (non-hydrogen) atoms. The third kappa shape index (κ3) is 2.82. The van der Waals surface area contributed by atoms with E-state index in [0.29, 0.717) is 46.3 Å². The van der Waals surface area contributed by atoms with Crippen LogP contribution in [0.15, 0.2) is 47.2 Å². The molecule has 0 atom stereocenters. The molecule has 146 valence electrons. The molecule has 0 unspecified atom stereocenters. The third-order valence-corrected chi connectivity index (χ3v) is 5.31.